The minimum absolute atomic E-state index is 1.14. The summed E-state index contributed by atoms with van der Waals surface area (Å²) >= 11 is 0. The van der Waals surface area contributed by atoms with Crippen LogP contribution in [0.2, 0.25) is 0 Å². The number of hydrogen-bond donors (Lipinski definition) is 0. The molecule has 0 amide bonds. The first-order chi connectivity index (χ1) is 40.7. The Morgan fingerprint density at radius 3 is 1.15 bits per heavy atom. The van der Waals surface area contributed by atoms with E-state index in [9.17, 15) is 0 Å². The van der Waals surface area contributed by atoms with E-state index in [1.165, 1.54) is 148 Å². The number of rotatable bonds is 7. The smallest absolute Gasteiger partial charge is 0.0547 e. The highest BCUT2D eigenvalue weighted by Crippen LogP contribution is 2.52. The Balaban J connectivity index is 1.08. The highest BCUT2D eigenvalue weighted by atomic mass is 15.0. The summed E-state index contributed by atoms with van der Waals surface area (Å²) < 4.78 is 4.90. The fraction of sp³-hybridized carbons (Fsp3) is 0. The van der Waals surface area contributed by atoms with E-state index in [0.717, 1.165) is 16.9 Å². The van der Waals surface area contributed by atoms with Gasteiger partial charge in [0.05, 0.1) is 22.1 Å². The van der Waals surface area contributed by atoms with Crippen molar-refractivity contribution in [3.05, 3.63) is 303 Å². The Bertz CT molecular complexity index is 5420. The van der Waals surface area contributed by atoms with Crippen LogP contribution in [0.5, 0.6) is 0 Å². The first kappa shape index (κ1) is 46.1. The zero-order valence-corrected chi connectivity index (χ0v) is 44.8. The zero-order chi connectivity index (χ0) is 53.8. The zero-order valence-electron chi connectivity index (χ0n) is 44.8. The maximum Gasteiger partial charge on any atom is 0.0547 e. The predicted octanol–water partition coefficient (Wildman–Crippen LogP) is 22.0. The first-order valence-corrected chi connectivity index (χ1v) is 28.4. The first-order valence-electron chi connectivity index (χ1n) is 28.4. The van der Waals surface area contributed by atoms with Gasteiger partial charge in [0.1, 0.15) is 0 Å². The molecule has 0 bridgehead atoms. The van der Waals surface area contributed by atoms with Gasteiger partial charge in [-0.15, -0.1) is 0 Å². The molecular weight excluding hydrogens is 989 g/mol. The van der Waals surface area contributed by atoms with E-state index in [1.807, 2.05) is 0 Å². The van der Waals surface area contributed by atoms with Gasteiger partial charge in [0, 0.05) is 32.9 Å². The van der Waals surface area contributed by atoms with Crippen LogP contribution in [0.4, 0.5) is 0 Å². The molecule has 0 fully saturated rings. The number of benzene rings is 15. The molecule has 2 heteroatoms. The Labute approximate surface area is 474 Å². The summed E-state index contributed by atoms with van der Waals surface area (Å²) in [5, 5.41) is 17.1. The molecule has 0 unspecified atom stereocenters. The van der Waals surface area contributed by atoms with E-state index in [2.05, 4.69) is 312 Å². The van der Waals surface area contributed by atoms with Crippen LogP contribution in [0.1, 0.15) is 0 Å². The molecule has 0 atom stereocenters. The summed E-state index contributed by atoms with van der Waals surface area (Å²) in [6, 6.07) is 113. The van der Waals surface area contributed by atoms with Gasteiger partial charge >= 0.3 is 0 Å². The topological polar surface area (TPSA) is 9.86 Å². The third kappa shape index (κ3) is 7.08. The molecule has 380 valence electrons. The molecule has 0 saturated heterocycles. The molecule has 15 aromatic carbocycles. The van der Waals surface area contributed by atoms with Crippen molar-refractivity contribution in [2.24, 2.45) is 0 Å². The lowest BCUT2D eigenvalue weighted by atomic mass is 9.80. The minimum atomic E-state index is 1.14. The molecule has 2 aromatic heterocycles. The molecule has 82 heavy (non-hydrogen) atoms. The van der Waals surface area contributed by atoms with Crippen molar-refractivity contribution in [2.75, 3.05) is 0 Å². The van der Waals surface area contributed by atoms with E-state index in [-0.39, 0.29) is 0 Å². The number of para-hydroxylation sites is 4. The standard InChI is InChI=1S/C80H50N2/c1-5-21-51(22-6-1)55-39-44-67-69(46-55)78(58-41-43-65-63-33-18-20-36-74(63)82(76(65)48-58)60-29-11-4-12-30-60)72-50-70-68(49-71(72)77(67)57-40-42-64-62-32-17-19-35-73(62)81(75(64)47-57)59-27-9-3-10-28-59)61-31-15-16-34-66(61)80(79(70)53-24-7-2-8-25-53)56-38-37-52-23-13-14-26-54(52)45-56/h1-50H. The largest absolute Gasteiger partial charge is 0.309 e. The number of hydrogen-bond acceptors (Lipinski definition) is 0. The van der Waals surface area contributed by atoms with Crippen molar-refractivity contribution in [2.45, 2.75) is 0 Å². The summed E-state index contributed by atoms with van der Waals surface area (Å²) in [5.41, 5.74) is 19.0. The molecule has 0 spiro atoms. The second-order valence-corrected chi connectivity index (χ2v) is 21.9. The van der Waals surface area contributed by atoms with Crippen molar-refractivity contribution >= 4 is 97.5 Å². The van der Waals surface area contributed by atoms with Crippen LogP contribution in [0, 0.1) is 0 Å². The summed E-state index contributed by atoms with van der Waals surface area (Å²) in [6.45, 7) is 0. The molecule has 2 nitrogen and oxygen atoms in total. The third-order valence-corrected chi connectivity index (χ3v) is 17.4. The third-order valence-electron chi connectivity index (χ3n) is 17.4. The second-order valence-electron chi connectivity index (χ2n) is 21.9. The normalized spacial score (nSPS) is 11.9. The van der Waals surface area contributed by atoms with Crippen LogP contribution in [0.3, 0.4) is 0 Å². The summed E-state index contributed by atoms with van der Waals surface area (Å²) in [5.74, 6) is 0. The molecule has 0 radical (unpaired) electrons. The van der Waals surface area contributed by atoms with Gasteiger partial charge in [-0.25, -0.2) is 0 Å². The van der Waals surface area contributed by atoms with Crippen LogP contribution in [-0.4, -0.2) is 9.13 Å². The van der Waals surface area contributed by atoms with Gasteiger partial charge < -0.3 is 9.13 Å². The SMILES string of the molecule is c1ccc(-c2ccc3c(-c4ccc5c6ccccc6n(-c6ccccc6)c5c4)c4cc5c(cc4c(-c4ccc6c7ccccc7n(-c7ccccc7)c6c4)c3c2)c(-c2ccccc2)c(-c2ccc3ccccc3c2)c2ccccc25)cc1. The monoisotopic (exact) mass is 1040 g/mol. The molecule has 0 aliphatic carbocycles. The molecular formula is C80H50N2. The maximum atomic E-state index is 2.58. The van der Waals surface area contributed by atoms with Crippen LogP contribution in [-0.2, 0) is 0 Å². The Kier molecular flexibility index (Phi) is 10.3. The van der Waals surface area contributed by atoms with Crippen LogP contribution in [0.15, 0.2) is 303 Å². The Hall–Kier alpha value is -10.8. The van der Waals surface area contributed by atoms with Crippen molar-refractivity contribution < 1.29 is 0 Å². The Morgan fingerprint density at radius 2 is 0.537 bits per heavy atom. The quantitative estimate of drug-likeness (QED) is 0.111. The number of aromatic nitrogens is 2. The molecule has 17 aromatic rings. The fourth-order valence-corrected chi connectivity index (χ4v) is 13.9. The van der Waals surface area contributed by atoms with Crippen LogP contribution < -0.4 is 0 Å². The van der Waals surface area contributed by atoms with E-state index in [1.54, 1.807) is 0 Å². The van der Waals surface area contributed by atoms with Gasteiger partial charge in [-0.2, -0.15) is 0 Å². The van der Waals surface area contributed by atoms with E-state index in [0.29, 0.717) is 0 Å². The predicted molar refractivity (Wildman–Crippen MR) is 350 cm³/mol. The number of fused-ring (bicyclic) bond motifs is 12. The summed E-state index contributed by atoms with van der Waals surface area (Å²) in [4.78, 5) is 0. The Morgan fingerprint density at radius 1 is 0.159 bits per heavy atom. The molecule has 0 aliphatic rings. The fourth-order valence-electron chi connectivity index (χ4n) is 13.9. The molecule has 0 saturated carbocycles. The lowest BCUT2D eigenvalue weighted by molar-refractivity contribution is 1.18. The average molecular weight is 1040 g/mol. The highest BCUT2D eigenvalue weighted by Gasteiger charge is 2.25. The maximum absolute atomic E-state index is 2.58. The van der Waals surface area contributed by atoms with Crippen LogP contribution in [0.25, 0.3) is 164 Å². The van der Waals surface area contributed by atoms with E-state index >= 15 is 0 Å². The van der Waals surface area contributed by atoms with Gasteiger partial charge in [0.25, 0.3) is 0 Å². The molecule has 17 rings (SSSR count). The summed E-state index contributed by atoms with van der Waals surface area (Å²) in [7, 11) is 0. The van der Waals surface area contributed by atoms with Gasteiger partial charge in [0.15, 0.2) is 0 Å². The highest BCUT2D eigenvalue weighted by molar-refractivity contribution is 6.30. The lowest BCUT2D eigenvalue weighted by Crippen LogP contribution is -1.97. The molecule has 0 aliphatic heterocycles. The average Bonchev–Trinajstić information content (AvgIpc) is 1.48. The lowest BCUT2D eigenvalue weighted by Gasteiger charge is -2.23. The van der Waals surface area contributed by atoms with Gasteiger partial charge in [0.2, 0.25) is 0 Å². The summed E-state index contributed by atoms with van der Waals surface area (Å²) in [6.07, 6.45) is 0. The van der Waals surface area contributed by atoms with Crippen molar-refractivity contribution in [1.29, 1.82) is 0 Å². The van der Waals surface area contributed by atoms with Crippen molar-refractivity contribution in [3.63, 3.8) is 0 Å². The molecule has 0 N–H and O–H groups in total. The minimum Gasteiger partial charge on any atom is -0.309 e. The van der Waals surface area contributed by atoms with Gasteiger partial charge in [-0.05, 0) is 182 Å². The van der Waals surface area contributed by atoms with Gasteiger partial charge in [-0.1, -0.05) is 231 Å². The van der Waals surface area contributed by atoms with Crippen molar-refractivity contribution in [3.8, 4) is 67.0 Å². The van der Waals surface area contributed by atoms with Gasteiger partial charge in [-0.3, -0.25) is 0 Å². The second kappa shape index (κ2) is 18.4. The molecule has 2 heterocycles. The van der Waals surface area contributed by atoms with E-state index < -0.39 is 0 Å². The van der Waals surface area contributed by atoms with E-state index in [4.69, 9.17) is 0 Å². The number of nitrogens with zero attached hydrogens (tertiary/aromatic N) is 2. The van der Waals surface area contributed by atoms with Crippen molar-refractivity contribution in [1.82, 2.24) is 9.13 Å². The van der Waals surface area contributed by atoms with Crippen LogP contribution >= 0.6 is 0 Å².